The summed E-state index contributed by atoms with van der Waals surface area (Å²) in [6.45, 7) is 6.24. The van der Waals surface area contributed by atoms with Gasteiger partial charge in [0.05, 0.1) is 27.2 Å². The van der Waals surface area contributed by atoms with Gasteiger partial charge in [-0.2, -0.15) is 0 Å². The Kier molecular flexibility index (Phi) is 11.4. The number of benzene rings is 2. The topological polar surface area (TPSA) is 135 Å². The summed E-state index contributed by atoms with van der Waals surface area (Å²) in [5.41, 5.74) is 1.09. The quantitative estimate of drug-likeness (QED) is 0.273. The van der Waals surface area contributed by atoms with Crippen LogP contribution >= 0.6 is 11.6 Å². The summed E-state index contributed by atoms with van der Waals surface area (Å²) >= 11 is 6.52. The van der Waals surface area contributed by atoms with Crippen LogP contribution in [0.5, 0.6) is 11.5 Å². The van der Waals surface area contributed by atoms with E-state index in [0.717, 1.165) is 0 Å². The molecule has 246 valence electrons. The number of carbonyl (C=O) groups is 3. The maximum atomic E-state index is 14.4. The van der Waals surface area contributed by atoms with Gasteiger partial charge in [0, 0.05) is 60.2 Å². The van der Waals surface area contributed by atoms with Gasteiger partial charge in [0.15, 0.2) is 17.8 Å². The number of aliphatic hydroxyl groups is 2. The number of rotatable bonds is 11. The van der Waals surface area contributed by atoms with Crippen LogP contribution in [0.15, 0.2) is 36.4 Å². The standard InChI is InChI=1S/C33H43ClN2O9/c1-20(37)44-19-33(2,3)18-36-25-10-9-22(34)16-24(25)30(23-7-6-8-26(42-4)31(23)43-5)45-27(32(36)41)17-28(38)35-13-11-21(12-14-35)15-29(39)40/h6-10,16,21,27,29-30,39-40H,11-15,17-19H2,1-5H3/t27?,30-/m1/s1. The molecule has 2 atom stereocenters. The minimum atomic E-state index is -1.38. The molecule has 2 N–H and O–H groups in total. The highest BCUT2D eigenvalue weighted by Gasteiger charge is 2.41. The van der Waals surface area contributed by atoms with Crippen molar-refractivity contribution in [3.63, 3.8) is 0 Å². The normalized spacial score (nSPS) is 19.3. The van der Waals surface area contributed by atoms with Crippen molar-refractivity contribution in [2.24, 2.45) is 11.3 Å². The average molecular weight is 647 g/mol. The van der Waals surface area contributed by atoms with Crippen LogP contribution in [0.25, 0.3) is 0 Å². The van der Waals surface area contributed by atoms with Crippen molar-refractivity contribution in [2.75, 3.05) is 45.4 Å². The zero-order valence-corrected chi connectivity index (χ0v) is 27.2. The molecule has 2 amide bonds. The number of para-hydroxylation sites is 1. The van der Waals surface area contributed by atoms with Gasteiger partial charge in [0.1, 0.15) is 12.2 Å². The highest BCUT2D eigenvalue weighted by atomic mass is 35.5. The summed E-state index contributed by atoms with van der Waals surface area (Å²) in [4.78, 5) is 43.0. The number of methoxy groups -OCH3 is 2. The van der Waals surface area contributed by atoms with Gasteiger partial charge in [0.2, 0.25) is 5.91 Å². The number of ether oxygens (including phenoxy) is 4. The Morgan fingerprint density at radius 2 is 1.80 bits per heavy atom. The van der Waals surface area contributed by atoms with Crippen molar-refractivity contribution in [3.05, 3.63) is 52.5 Å². The number of likely N-dealkylation sites (tertiary alicyclic amines) is 1. The molecule has 0 aromatic heterocycles. The minimum Gasteiger partial charge on any atom is -0.493 e. The van der Waals surface area contributed by atoms with Crippen LogP contribution in [0.4, 0.5) is 5.69 Å². The molecule has 0 bridgehead atoms. The lowest BCUT2D eigenvalue weighted by molar-refractivity contribution is -0.145. The zero-order chi connectivity index (χ0) is 32.9. The number of fused-ring (bicyclic) bond motifs is 1. The molecule has 4 rings (SSSR count). The number of nitrogens with zero attached hydrogens (tertiary/aromatic N) is 2. The number of hydrogen-bond acceptors (Lipinski definition) is 9. The molecule has 0 aliphatic carbocycles. The fourth-order valence-electron chi connectivity index (χ4n) is 6.00. The predicted molar refractivity (Wildman–Crippen MR) is 167 cm³/mol. The van der Waals surface area contributed by atoms with Crippen molar-refractivity contribution in [1.82, 2.24) is 4.90 Å². The van der Waals surface area contributed by atoms with E-state index in [1.165, 1.54) is 21.1 Å². The molecule has 1 saturated heterocycles. The van der Waals surface area contributed by atoms with Crippen molar-refractivity contribution >= 4 is 35.1 Å². The smallest absolute Gasteiger partial charge is 0.302 e. The first kappa shape index (κ1) is 34.5. The molecule has 45 heavy (non-hydrogen) atoms. The molecule has 11 nitrogen and oxygen atoms in total. The lowest BCUT2D eigenvalue weighted by Gasteiger charge is -2.35. The van der Waals surface area contributed by atoms with Gasteiger partial charge in [-0.05, 0) is 43.0 Å². The third-order valence-corrected chi connectivity index (χ3v) is 8.48. The van der Waals surface area contributed by atoms with Crippen LogP contribution in [-0.4, -0.2) is 85.8 Å². The SMILES string of the molecule is COc1cccc([C@H]2OC(CC(=O)N3CCC(CC(O)O)CC3)C(=O)N(CC(C)(C)COC(C)=O)c3ccc(Cl)cc32)c1OC. The van der Waals surface area contributed by atoms with Gasteiger partial charge in [0.25, 0.3) is 5.91 Å². The van der Waals surface area contributed by atoms with Gasteiger partial charge >= 0.3 is 5.97 Å². The number of aliphatic hydroxyl groups excluding tert-OH is 1. The van der Waals surface area contributed by atoms with E-state index < -0.39 is 35.8 Å². The van der Waals surface area contributed by atoms with Crippen LogP contribution in [-0.2, 0) is 23.9 Å². The van der Waals surface area contributed by atoms with E-state index in [2.05, 4.69) is 0 Å². The average Bonchev–Trinajstić information content (AvgIpc) is 3.09. The fourth-order valence-corrected chi connectivity index (χ4v) is 6.18. The lowest BCUT2D eigenvalue weighted by Crippen LogP contribution is -2.48. The molecule has 1 unspecified atom stereocenters. The summed E-state index contributed by atoms with van der Waals surface area (Å²) in [7, 11) is 3.05. The molecule has 0 saturated carbocycles. The summed E-state index contributed by atoms with van der Waals surface area (Å²) in [5, 5.41) is 19.2. The van der Waals surface area contributed by atoms with E-state index in [-0.39, 0.29) is 37.8 Å². The van der Waals surface area contributed by atoms with Gasteiger partial charge < -0.3 is 39.0 Å². The summed E-state index contributed by atoms with van der Waals surface area (Å²) in [6, 6.07) is 10.6. The molecule has 2 aliphatic heterocycles. The number of hydrogen-bond donors (Lipinski definition) is 2. The van der Waals surface area contributed by atoms with Crippen LogP contribution < -0.4 is 14.4 Å². The monoisotopic (exact) mass is 646 g/mol. The molecule has 1 fully saturated rings. The Morgan fingerprint density at radius 1 is 1.09 bits per heavy atom. The van der Waals surface area contributed by atoms with Crippen molar-refractivity contribution in [3.8, 4) is 11.5 Å². The molecule has 2 aromatic rings. The van der Waals surface area contributed by atoms with Gasteiger partial charge in [-0.1, -0.05) is 37.6 Å². The third kappa shape index (κ3) is 8.46. The van der Waals surface area contributed by atoms with Crippen molar-refractivity contribution in [1.29, 1.82) is 0 Å². The summed E-state index contributed by atoms with van der Waals surface area (Å²) < 4.78 is 23.2. The number of esters is 1. The molecule has 2 aliphatic rings. The minimum absolute atomic E-state index is 0.0735. The molecule has 0 spiro atoms. The first-order chi connectivity index (χ1) is 21.3. The summed E-state index contributed by atoms with van der Waals surface area (Å²) in [5.74, 6) is -0.0808. The number of piperidine rings is 1. The second-order valence-electron chi connectivity index (χ2n) is 12.4. The highest BCUT2D eigenvalue weighted by molar-refractivity contribution is 6.30. The van der Waals surface area contributed by atoms with Gasteiger partial charge in [-0.15, -0.1) is 0 Å². The van der Waals surface area contributed by atoms with E-state index in [4.69, 9.17) is 30.5 Å². The second kappa shape index (κ2) is 14.8. The fraction of sp³-hybridized carbons (Fsp3) is 0.545. The highest BCUT2D eigenvalue weighted by Crippen LogP contribution is 2.45. The summed E-state index contributed by atoms with van der Waals surface area (Å²) in [6.07, 6.45) is -2.10. The zero-order valence-electron chi connectivity index (χ0n) is 26.5. The Hall–Kier alpha value is -3.38. The largest absolute Gasteiger partial charge is 0.493 e. The Bertz CT molecular complexity index is 1370. The Balaban J connectivity index is 1.75. The lowest BCUT2D eigenvalue weighted by atomic mass is 9.92. The molecular weight excluding hydrogens is 604 g/mol. The van der Waals surface area contributed by atoms with Crippen LogP contribution in [0.1, 0.15) is 63.7 Å². The van der Waals surface area contributed by atoms with Crippen molar-refractivity contribution < 1.29 is 43.5 Å². The van der Waals surface area contributed by atoms with Crippen LogP contribution in [0, 0.1) is 11.3 Å². The number of carbonyl (C=O) groups excluding carboxylic acids is 3. The third-order valence-electron chi connectivity index (χ3n) is 8.24. The maximum absolute atomic E-state index is 14.4. The van der Waals surface area contributed by atoms with Crippen molar-refractivity contribution in [2.45, 2.75) is 65.0 Å². The van der Waals surface area contributed by atoms with Crippen LogP contribution in [0.2, 0.25) is 5.02 Å². The van der Waals surface area contributed by atoms with Gasteiger partial charge in [-0.3, -0.25) is 14.4 Å². The Morgan fingerprint density at radius 3 is 2.42 bits per heavy atom. The van der Waals surface area contributed by atoms with E-state index in [9.17, 15) is 24.6 Å². The van der Waals surface area contributed by atoms with Gasteiger partial charge in [-0.25, -0.2) is 0 Å². The molecule has 0 radical (unpaired) electrons. The molecule has 2 aromatic carbocycles. The van der Waals surface area contributed by atoms with E-state index in [0.29, 0.717) is 59.3 Å². The molecular formula is C33H43ClN2O9. The predicted octanol–water partition coefficient (Wildman–Crippen LogP) is 4.10. The first-order valence-electron chi connectivity index (χ1n) is 15.1. The number of anilines is 1. The molecule has 12 heteroatoms. The van der Waals surface area contributed by atoms with E-state index in [1.807, 2.05) is 19.9 Å². The number of halogens is 1. The Labute approximate surface area is 268 Å². The van der Waals surface area contributed by atoms with E-state index >= 15 is 0 Å². The van der Waals surface area contributed by atoms with E-state index in [1.54, 1.807) is 40.1 Å². The second-order valence-corrected chi connectivity index (χ2v) is 12.8. The molecule has 2 heterocycles. The maximum Gasteiger partial charge on any atom is 0.302 e. The first-order valence-corrected chi connectivity index (χ1v) is 15.5. The number of amides is 2. The van der Waals surface area contributed by atoms with Crippen LogP contribution in [0.3, 0.4) is 0 Å².